The van der Waals surface area contributed by atoms with E-state index in [1.54, 1.807) is 18.2 Å². The number of carbonyl (C=O) groups excluding carboxylic acids is 1. The molecule has 16 heavy (non-hydrogen) atoms. The van der Waals surface area contributed by atoms with Crippen LogP contribution in [0.3, 0.4) is 0 Å². The minimum atomic E-state index is -0.153. The smallest absolute Gasteiger partial charge is 0.230 e. The average Bonchev–Trinajstić information content (AvgIpc) is 2.70. The molecule has 1 aromatic heterocycles. The highest BCUT2D eigenvalue weighted by Crippen LogP contribution is 2.08. The van der Waals surface area contributed by atoms with E-state index in [9.17, 15) is 4.79 Å². The lowest BCUT2D eigenvalue weighted by molar-refractivity contribution is -0.115. The zero-order chi connectivity index (χ0) is 11.4. The van der Waals surface area contributed by atoms with Crippen molar-refractivity contribution in [2.75, 3.05) is 11.1 Å². The summed E-state index contributed by atoms with van der Waals surface area (Å²) in [6.07, 6.45) is 1.66. The second kappa shape index (κ2) is 4.48. The van der Waals surface area contributed by atoms with E-state index in [0.717, 1.165) is 5.56 Å². The monoisotopic (exact) mass is 217 g/mol. The maximum atomic E-state index is 11.6. The van der Waals surface area contributed by atoms with Crippen LogP contribution >= 0.6 is 0 Å². The number of hydrogen-bond donors (Lipinski definition) is 2. The van der Waals surface area contributed by atoms with Crippen molar-refractivity contribution in [3.8, 4) is 0 Å². The number of carbonyl (C=O) groups is 1. The van der Waals surface area contributed by atoms with Crippen LogP contribution in [0.2, 0.25) is 0 Å². The van der Waals surface area contributed by atoms with Crippen molar-refractivity contribution in [2.45, 2.75) is 6.42 Å². The van der Waals surface area contributed by atoms with Crippen molar-refractivity contribution in [3.63, 3.8) is 0 Å². The Morgan fingerprint density at radius 2 is 2.31 bits per heavy atom. The number of amides is 1. The Balaban J connectivity index is 1.97. The second-order valence-corrected chi connectivity index (χ2v) is 3.35. The van der Waals surface area contributed by atoms with Gasteiger partial charge in [0, 0.05) is 11.8 Å². The number of nitrogens with zero attached hydrogens (tertiary/aromatic N) is 1. The van der Waals surface area contributed by atoms with E-state index >= 15 is 0 Å². The molecule has 0 saturated carbocycles. The highest BCUT2D eigenvalue weighted by atomic mass is 16.5. The molecule has 5 nitrogen and oxygen atoms in total. The summed E-state index contributed by atoms with van der Waals surface area (Å²) in [6.45, 7) is 0. The third-order valence-electron chi connectivity index (χ3n) is 2.02. The van der Waals surface area contributed by atoms with Crippen LogP contribution in [0.15, 0.2) is 41.1 Å². The Labute approximate surface area is 92.2 Å². The van der Waals surface area contributed by atoms with Crippen molar-refractivity contribution in [3.05, 3.63) is 42.2 Å². The van der Waals surface area contributed by atoms with Gasteiger partial charge in [0.1, 0.15) is 6.26 Å². The highest BCUT2D eigenvalue weighted by molar-refractivity contribution is 5.91. The first-order valence-electron chi connectivity index (χ1n) is 4.79. The van der Waals surface area contributed by atoms with Crippen LogP contribution in [-0.4, -0.2) is 11.1 Å². The standard InChI is InChI=1S/C11H11N3O2/c12-9-3-1-2-8(6-9)7-11(15)13-10-4-5-16-14-10/h1-6H,7,12H2,(H,13,14,15). The summed E-state index contributed by atoms with van der Waals surface area (Å²) in [4.78, 5) is 11.6. The van der Waals surface area contributed by atoms with Crippen LogP contribution in [0.5, 0.6) is 0 Å². The van der Waals surface area contributed by atoms with Gasteiger partial charge in [0.25, 0.3) is 0 Å². The molecule has 3 N–H and O–H groups in total. The van der Waals surface area contributed by atoms with Gasteiger partial charge in [-0.15, -0.1) is 0 Å². The Bertz CT molecular complexity index is 480. The van der Waals surface area contributed by atoms with Crippen LogP contribution in [0.1, 0.15) is 5.56 Å². The average molecular weight is 217 g/mol. The minimum Gasteiger partial charge on any atom is -0.399 e. The molecule has 1 heterocycles. The number of hydrogen-bond acceptors (Lipinski definition) is 4. The number of nitrogen functional groups attached to an aromatic ring is 1. The lowest BCUT2D eigenvalue weighted by Crippen LogP contribution is -2.14. The molecule has 2 aromatic rings. The highest BCUT2D eigenvalue weighted by Gasteiger charge is 2.05. The largest absolute Gasteiger partial charge is 0.399 e. The lowest BCUT2D eigenvalue weighted by atomic mass is 10.1. The van der Waals surface area contributed by atoms with Crippen molar-refractivity contribution in [2.24, 2.45) is 0 Å². The van der Waals surface area contributed by atoms with Gasteiger partial charge < -0.3 is 15.6 Å². The molecular formula is C11H11N3O2. The minimum absolute atomic E-state index is 0.153. The number of nitrogens with one attached hydrogen (secondary N) is 1. The number of nitrogens with two attached hydrogens (primary N) is 1. The zero-order valence-electron chi connectivity index (χ0n) is 8.51. The fraction of sp³-hybridized carbons (Fsp3) is 0.0909. The molecule has 1 aromatic carbocycles. The topological polar surface area (TPSA) is 81.2 Å². The second-order valence-electron chi connectivity index (χ2n) is 3.35. The van der Waals surface area contributed by atoms with Gasteiger partial charge in [0.05, 0.1) is 6.42 Å². The molecule has 0 unspecified atom stereocenters. The summed E-state index contributed by atoms with van der Waals surface area (Å²) in [5, 5.41) is 6.19. The third-order valence-corrected chi connectivity index (χ3v) is 2.02. The molecule has 0 radical (unpaired) electrons. The van der Waals surface area contributed by atoms with Gasteiger partial charge in [-0.2, -0.15) is 0 Å². The fourth-order valence-corrected chi connectivity index (χ4v) is 1.35. The van der Waals surface area contributed by atoms with E-state index in [2.05, 4.69) is 15.0 Å². The molecule has 2 rings (SSSR count). The van der Waals surface area contributed by atoms with Gasteiger partial charge in [-0.1, -0.05) is 17.3 Å². The van der Waals surface area contributed by atoms with E-state index in [1.807, 2.05) is 12.1 Å². The SMILES string of the molecule is Nc1cccc(CC(=O)Nc2ccon2)c1. The summed E-state index contributed by atoms with van der Waals surface area (Å²) in [5.41, 5.74) is 7.12. The van der Waals surface area contributed by atoms with Crippen LogP contribution < -0.4 is 11.1 Å². The summed E-state index contributed by atoms with van der Waals surface area (Å²) in [5.74, 6) is 0.258. The zero-order valence-corrected chi connectivity index (χ0v) is 8.51. The molecule has 0 aliphatic carbocycles. The molecule has 0 saturated heterocycles. The maximum Gasteiger partial charge on any atom is 0.230 e. The van der Waals surface area contributed by atoms with E-state index in [-0.39, 0.29) is 12.3 Å². The number of benzene rings is 1. The predicted molar refractivity (Wildman–Crippen MR) is 59.7 cm³/mol. The van der Waals surface area contributed by atoms with Gasteiger partial charge in [0.15, 0.2) is 5.82 Å². The molecular weight excluding hydrogens is 206 g/mol. The molecule has 0 fully saturated rings. The molecule has 0 spiro atoms. The molecule has 1 amide bonds. The molecule has 0 aliphatic heterocycles. The summed E-state index contributed by atoms with van der Waals surface area (Å²) in [7, 11) is 0. The summed E-state index contributed by atoms with van der Waals surface area (Å²) in [6, 6.07) is 8.78. The van der Waals surface area contributed by atoms with E-state index in [0.29, 0.717) is 11.5 Å². The van der Waals surface area contributed by atoms with Crippen LogP contribution in [0, 0.1) is 0 Å². The van der Waals surface area contributed by atoms with Gasteiger partial charge in [-0.3, -0.25) is 4.79 Å². The Morgan fingerprint density at radius 1 is 1.44 bits per heavy atom. The molecule has 82 valence electrons. The van der Waals surface area contributed by atoms with Crippen LogP contribution in [0.25, 0.3) is 0 Å². The Morgan fingerprint density at radius 3 is 3.00 bits per heavy atom. The quantitative estimate of drug-likeness (QED) is 0.762. The molecule has 0 atom stereocenters. The van der Waals surface area contributed by atoms with Gasteiger partial charge >= 0.3 is 0 Å². The fourth-order valence-electron chi connectivity index (χ4n) is 1.35. The van der Waals surface area contributed by atoms with Crippen molar-refractivity contribution in [1.82, 2.24) is 5.16 Å². The predicted octanol–water partition coefficient (Wildman–Crippen LogP) is 1.44. The molecule has 0 bridgehead atoms. The number of anilines is 2. The van der Waals surface area contributed by atoms with E-state index in [4.69, 9.17) is 5.73 Å². The summed E-state index contributed by atoms with van der Waals surface area (Å²) >= 11 is 0. The van der Waals surface area contributed by atoms with Gasteiger partial charge in [-0.05, 0) is 17.7 Å². The van der Waals surface area contributed by atoms with Gasteiger partial charge in [-0.25, -0.2) is 0 Å². The Kier molecular flexibility index (Phi) is 2.86. The van der Waals surface area contributed by atoms with Crippen molar-refractivity contribution in [1.29, 1.82) is 0 Å². The van der Waals surface area contributed by atoms with E-state index in [1.165, 1.54) is 6.26 Å². The van der Waals surface area contributed by atoms with E-state index < -0.39 is 0 Å². The van der Waals surface area contributed by atoms with Crippen molar-refractivity contribution < 1.29 is 9.32 Å². The van der Waals surface area contributed by atoms with Gasteiger partial charge in [0.2, 0.25) is 5.91 Å². The first kappa shape index (κ1) is 10.2. The first-order valence-corrected chi connectivity index (χ1v) is 4.79. The lowest BCUT2D eigenvalue weighted by Gasteiger charge is -2.02. The number of aromatic nitrogens is 1. The number of rotatable bonds is 3. The van der Waals surface area contributed by atoms with Crippen LogP contribution in [0.4, 0.5) is 11.5 Å². The summed E-state index contributed by atoms with van der Waals surface area (Å²) < 4.78 is 4.60. The Hall–Kier alpha value is -2.30. The maximum absolute atomic E-state index is 11.6. The molecule has 0 aliphatic rings. The third kappa shape index (κ3) is 2.60. The first-order chi connectivity index (χ1) is 7.74. The van der Waals surface area contributed by atoms with Crippen LogP contribution in [-0.2, 0) is 11.2 Å². The molecule has 5 heteroatoms. The normalized spacial score (nSPS) is 10.0. The van der Waals surface area contributed by atoms with Crippen molar-refractivity contribution >= 4 is 17.4 Å².